The van der Waals surface area contributed by atoms with Crippen LogP contribution in [0.25, 0.3) is 21.9 Å². The van der Waals surface area contributed by atoms with Crippen molar-refractivity contribution in [3.05, 3.63) is 53.3 Å². The SMILES string of the molecule is CCn1c(=O)[nH]c2cc3c(NCCCN4CCN(c5ccccn5)CC4)ncnc3cc21.Cl.Cl.Cl. The second kappa shape index (κ2) is 12.9. The van der Waals surface area contributed by atoms with Gasteiger partial charge in [-0.15, -0.1) is 37.2 Å². The Hall–Kier alpha value is -2.59. The molecule has 0 atom stereocenters. The number of aryl methyl sites for hydroxylation is 1. The molecular weight excluding hydrogens is 511 g/mol. The van der Waals surface area contributed by atoms with E-state index in [2.05, 4.69) is 41.1 Å². The lowest BCUT2D eigenvalue weighted by Gasteiger charge is -2.35. The first-order chi connectivity index (χ1) is 15.7. The highest BCUT2D eigenvalue weighted by molar-refractivity contribution is 5.98. The van der Waals surface area contributed by atoms with Gasteiger partial charge in [-0.3, -0.25) is 9.47 Å². The number of rotatable bonds is 7. The number of fused-ring (bicyclic) bond motifs is 2. The summed E-state index contributed by atoms with van der Waals surface area (Å²) in [6, 6.07) is 10.00. The highest BCUT2D eigenvalue weighted by Gasteiger charge is 2.17. The van der Waals surface area contributed by atoms with Crippen LogP contribution in [-0.2, 0) is 6.54 Å². The molecule has 0 bridgehead atoms. The van der Waals surface area contributed by atoms with Crippen molar-refractivity contribution in [3.63, 3.8) is 0 Å². The van der Waals surface area contributed by atoms with Crippen LogP contribution in [0.4, 0.5) is 11.6 Å². The van der Waals surface area contributed by atoms with Crippen molar-refractivity contribution in [2.75, 3.05) is 49.5 Å². The Morgan fingerprint density at radius 1 is 1.03 bits per heavy atom. The molecule has 0 saturated carbocycles. The summed E-state index contributed by atoms with van der Waals surface area (Å²) in [6.07, 6.45) is 4.46. The molecule has 0 radical (unpaired) electrons. The third-order valence-electron chi connectivity index (χ3n) is 6.14. The summed E-state index contributed by atoms with van der Waals surface area (Å²) in [5.74, 6) is 1.87. The van der Waals surface area contributed by atoms with Gasteiger partial charge in [-0.2, -0.15) is 0 Å². The smallest absolute Gasteiger partial charge is 0.326 e. The lowest BCUT2D eigenvalue weighted by Crippen LogP contribution is -2.47. The topological polar surface area (TPSA) is 95.0 Å². The third kappa shape index (κ3) is 6.16. The van der Waals surface area contributed by atoms with Gasteiger partial charge in [0.15, 0.2) is 0 Å². The normalized spacial score (nSPS) is 13.7. The van der Waals surface area contributed by atoms with Gasteiger partial charge in [0.05, 0.1) is 16.6 Å². The minimum absolute atomic E-state index is 0. The molecule has 0 spiro atoms. The van der Waals surface area contributed by atoms with Crippen LogP contribution < -0.4 is 15.9 Å². The molecule has 1 saturated heterocycles. The molecule has 1 fully saturated rings. The first-order valence-corrected chi connectivity index (χ1v) is 11.2. The summed E-state index contributed by atoms with van der Waals surface area (Å²) in [5, 5.41) is 4.39. The van der Waals surface area contributed by atoms with Crippen LogP contribution in [-0.4, -0.2) is 68.7 Å². The summed E-state index contributed by atoms with van der Waals surface area (Å²) in [5.41, 5.74) is 2.43. The van der Waals surface area contributed by atoms with E-state index in [1.807, 2.05) is 37.4 Å². The Labute approximate surface area is 222 Å². The molecular formula is C23H31Cl3N8O. The van der Waals surface area contributed by atoms with Crippen LogP contribution in [0.15, 0.2) is 47.7 Å². The van der Waals surface area contributed by atoms with E-state index >= 15 is 0 Å². The van der Waals surface area contributed by atoms with Crippen molar-refractivity contribution in [2.45, 2.75) is 19.9 Å². The molecule has 1 aliphatic heterocycles. The standard InChI is InChI=1S/C23H28N8O.3ClH/c1-2-31-20-15-18-17(14-19(20)28-23(31)32)22(27-16-26-18)25-8-5-9-29-10-12-30(13-11-29)21-6-3-4-7-24-21;;;/h3-4,6-7,14-16H,2,5,8-13H2,1H3,(H,28,32)(H,25,26,27);3*1H. The lowest BCUT2D eigenvalue weighted by molar-refractivity contribution is 0.256. The number of halogens is 3. The van der Waals surface area contributed by atoms with Gasteiger partial charge in [0, 0.05) is 50.9 Å². The molecule has 4 aromatic rings. The van der Waals surface area contributed by atoms with Crippen molar-refractivity contribution in [1.29, 1.82) is 0 Å². The maximum atomic E-state index is 12.1. The van der Waals surface area contributed by atoms with E-state index in [0.717, 1.165) is 79.3 Å². The molecule has 0 amide bonds. The number of nitrogens with one attached hydrogen (secondary N) is 2. The van der Waals surface area contributed by atoms with Crippen LogP contribution in [0.3, 0.4) is 0 Å². The Balaban J connectivity index is 0.00000144. The van der Waals surface area contributed by atoms with E-state index < -0.39 is 0 Å². The van der Waals surface area contributed by atoms with Crippen molar-refractivity contribution in [1.82, 2.24) is 29.4 Å². The number of piperazine rings is 1. The monoisotopic (exact) mass is 540 g/mol. The van der Waals surface area contributed by atoms with Gasteiger partial charge in [0.1, 0.15) is 18.0 Å². The largest absolute Gasteiger partial charge is 0.369 e. The molecule has 12 heteroatoms. The fraction of sp³-hybridized carbons (Fsp3) is 0.391. The number of aromatic amines is 1. The summed E-state index contributed by atoms with van der Waals surface area (Å²) in [6.45, 7) is 8.57. The van der Waals surface area contributed by atoms with Crippen LogP contribution in [0.5, 0.6) is 0 Å². The summed E-state index contributed by atoms with van der Waals surface area (Å²) < 4.78 is 1.72. The van der Waals surface area contributed by atoms with Crippen molar-refractivity contribution >= 4 is 70.8 Å². The molecule has 5 rings (SSSR count). The molecule has 35 heavy (non-hydrogen) atoms. The number of imidazole rings is 1. The Bertz CT molecular complexity index is 1270. The molecule has 0 aliphatic carbocycles. The van der Waals surface area contributed by atoms with E-state index in [0.29, 0.717) is 6.54 Å². The van der Waals surface area contributed by atoms with Gasteiger partial charge in [-0.05, 0) is 44.2 Å². The molecule has 190 valence electrons. The maximum Gasteiger partial charge on any atom is 0.326 e. The highest BCUT2D eigenvalue weighted by Crippen LogP contribution is 2.24. The first-order valence-electron chi connectivity index (χ1n) is 11.2. The Morgan fingerprint density at radius 3 is 2.54 bits per heavy atom. The van der Waals surface area contributed by atoms with Crippen molar-refractivity contribution in [2.24, 2.45) is 0 Å². The zero-order valence-corrected chi connectivity index (χ0v) is 22.0. The van der Waals surface area contributed by atoms with E-state index in [4.69, 9.17) is 0 Å². The molecule has 0 unspecified atom stereocenters. The number of pyridine rings is 1. The lowest BCUT2D eigenvalue weighted by atomic mass is 10.2. The first kappa shape index (κ1) is 28.6. The number of aromatic nitrogens is 5. The van der Waals surface area contributed by atoms with Gasteiger partial charge >= 0.3 is 5.69 Å². The second-order valence-electron chi connectivity index (χ2n) is 8.08. The zero-order valence-electron chi connectivity index (χ0n) is 19.5. The molecule has 9 nitrogen and oxygen atoms in total. The predicted molar refractivity (Wildman–Crippen MR) is 149 cm³/mol. The fourth-order valence-electron chi connectivity index (χ4n) is 4.41. The highest BCUT2D eigenvalue weighted by atomic mass is 35.5. The van der Waals surface area contributed by atoms with E-state index in [1.54, 1.807) is 10.9 Å². The van der Waals surface area contributed by atoms with E-state index in [-0.39, 0.29) is 42.9 Å². The van der Waals surface area contributed by atoms with Crippen LogP contribution >= 0.6 is 37.2 Å². The summed E-state index contributed by atoms with van der Waals surface area (Å²) >= 11 is 0. The van der Waals surface area contributed by atoms with Gasteiger partial charge in [0.2, 0.25) is 0 Å². The quantitative estimate of drug-likeness (QED) is 0.345. The van der Waals surface area contributed by atoms with E-state index in [9.17, 15) is 4.79 Å². The molecule has 1 aromatic carbocycles. The Morgan fingerprint density at radius 2 is 1.83 bits per heavy atom. The summed E-state index contributed by atoms with van der Waals surface area (Å²) in [7, 11) is 0. The molecule has 4 heterocycles. The zero-order chi connectivity index (χ0) is 21.9. The number of benzene rings is 1. The van der Waals surface area contributed by atoms with E-state index in [1.165, 1.54) is 0 Å². The number of H-pyrrole nitrogens is 1. The Kier molecular flexibility index (Phi) is 10.6. The predicted octanol–water partition coefficient (Wildman–Crippen LogP) is 3.58. The third-order valence-corrected chi connectivity index (χ3v) is 6.14. The molecule has 2 N–H and O–H groups in total. The van der Waals surface area contributed by atoms with Crippen LogP contribution in [0, 0.1) is 0 Å². The van der Waals surface area contributed by atoms with Crippen LogP contribution in [0.1, 0.15) is 13.3 Å². The number of hydrogen-bond donors (Lipinski definition) is 2. The molecule has 1 aliphatic rings. The summed E-state index contributed by atoms with van der Waals surface area (Å²) in [4.78, 5) is 33.2. The average molecular weight is 542 g/mol. The minimum atomic E-state index is -0.0941. The fourth-order valence-corrected chi connectivity index (χ4v) is 4.41. The van der Waals surface area contributed by atoms with Crippen molar-refractivity contribution in [3.8, 4) is 0 Å². The second-order valence-corrected chi connectivity index (χ2v) is 8.08. The van der Waals surface area contributed by atoms with Gasteiger partial charge in [0.25, 0.3) is 0 Å². The maximum absolute atomic E-state index is 12.1. The average Bonchev–Trinajstić information content (AvgIpc) is 3.15. The minimum Gasteiger partial charge on any atom is -0.369 e. The number of nitrogens with zero attached hydrogens (tertiary/aromatic N) is 6. The van der Waals surface area contributed by atoms with Gasteiger partial charge in [-0.1, -0.05) is 6.07 Å². The van der Waals surface area contributed by atoms with Crippen LogP contribution in [0.2, 0.25) is 0 Å². The van der Waals surface area contributed by atoms with Crippen molar-refractivity contribution < 1.29 is 0 Å². The number of anilines is 2. The van der Waals surface area contributed by atoms with Gasteiger partial charge in [-0.25, -0.2) is 19.7 Å². The number of hydrogen-bond acceptors (Lipinski definition) is 7. The molecule has 3 aromatic heterocycles. The van der Waals surface area contributed by atoms with Gasteiger partial charge < -0.3 is 15.2 Å².